The molecule has 3 heterocycles. The molecule has 0 unspecified atom stereocenters. The van der Waals surface area contributed by atoms with Crippen LogP contribution in [0.4, 0.5) is 5.69 Å². The van der Waals surface area contributed by atoms with Crippen molar-refractivity contribution in [2.24, 2.45) is 13.0 Å². The Morgan fingerprint density at radius 3 is 2.42 bits per heavy atom. The number of carbonyl (C=O) groups is 2. The fourth-order valence-electron chi connectivity index (χ4n) is 3.82. The van der Waals surface area contributed by atoms with Gasteiger partial charge in [-0.15, -0.1) is 0 Å². The van der Waals surface area contributed by atoms with Crippen LogP contribution in [0.2, 0.25) is 0 Å². The van der Waals surface area contributed by atoms with Gasteiger partial charge in [0, 0.05) is 51.9 Å². The van der Waals surface area contributed by atoms with Crippen LogP contribution < -0.4 is 4.90 Å². The maximum atomic E-state index is 12.9. The summed E-state index contributed by atoms with van der Waals surface area (Å²) in [6.07, 6.45) is 7.64. The third kappa shape index (κ3) is 2.87. The van der Waals surface area contributed by atoms with E-state index in [2.05, 4.69) is 10.00 Å². The molecule has 0 N–H and O–H groups in total. The molecule has 130 valence electrons. The number of nitrogens with zero attached hydrogens (tertiary/aromatic N) is 5. The van der Waals surface area contributed by atoms with Gasteiger partial charge in [0.05, 0.1) is 11.9 Å². The monoisotopic (exact) mass is 331 g/mol. The van der Waals surface area contributed by atoms with Crippen LogP contribution in [0.1, 0.15) is 25.7 Å². The second kappa shape index (κ2) is 6.11. The Labute approximate surface area is 142 Å². The molecule has 2 aliphatic heterocycles. The normalized spacial score (nSPS) is 24.5. The molecular formula is C17H25N5O2. The molecule has 1 aromatic heterocycles. The van der Waals surface area contributed by atoms with Gasteiger partial charge in [0.15, 0.2) is 0 Å². The van der Waals surface area contributed by atoms with Gasteiger partial charge in [-0.2, -0.15) is 5.10 Å². The summed E-state index contributed by atoms with van der Waals surface area (Å²) in [7, 11) is 1.91. The zero-order valence-electron chi connectivity index (χ0n) is 14.2. The molecule has 1 aromatic rings. The van der Waals surface area contributed by atoms with Crippen LogP contribution in [0.25, 0.3) is 0 Å². The number of aromatic nitrogens is 2. The highest BCUT2D eigenvalue weighted by Crippen LogP contribution is 2.34. The molecule has 1 saturated carbocycles. The van der Waals surface area contributed by atoms with E-state index in [-0.39, 0.29) is 23.8 Å². The minimum atomic E-state index is -0.219. The van der Waals surface area contributed by atoms with Crippen LogP contribution in [-0.4, -0.2) is 70.2 Å². The van der Waals surface area contributed by atoms with Crippen molar-refractivity contribution in [1.82, 2.24) is 19.6 Å². The molecule has 1 aliphatic carbocycles. The lowest BCUT2D eigenvalue weighted by Gasteiger charge is -2.37. The molecule has 0 spiro atoms. The van der Waals surface area contributed by atoms with Crippen LogP contribution in [0, 0.1) is 5.92 Å². The summed E-state index contributed by atoms with van der Waals surface area (Å²) in [6, 6.07) is -0.219. The Balaban J connectivity index is 1.36. The third-order valence-electron chi connectivity index (χ3n) is 5.40. The molecule has 3 aliphatic rings. The Kier molecular flexibility index (Phi) is 3.94. The number of likely N-dealkylation sites (tertiary alicyclic amines) is 1. The van der Waals surface area contributed by atoms with Gasteiger partial charge in [-0.05, 0) is 25.7 Å². The van der Waals surface area contributed by atoms with Crippen LogP contribution in [0.5, 0.6) is 0 Å². The number of piperazine rings is 1. The Morgan fingerprint density at radius 2 is 1.79 bits per heavy atom. The van der Waals surface area contributed by atoms with Crippen molar-refractivity contribution < 1.29 is 9.59 Å². The average molecular weight is 331 g/mol. The van der Waals surface area contributed by atoms with Crippen molar-refractivity contribution in [3.63, 3.8) is 0 Å². The van der Waals surface area contributed by atoms with E-state index in [1.807, 2.05) is 29.2 Å². The number of aryl methyl sites for hydroxylation is 1. The van der Waals surface area contributed by atoms with Gasteiger partial charge in [-0.1, -0.05) is 0 Å². The van der Waals surface area contributed by atoms with Gasteiger partial charge in [-0.25, -0.2) is 0 Å². The lowest BCUT2D eigenvalue weighted by atomic mass is 10.1. The molecule has 0 bridgehead atoms. The van der Waals surface area contributed by atoms with Crippen LogP contribution in [0.15, 0.2) is 12.4 Å². The number of hydrogen-bond donors (Lipinski definition) is 0. The van der Waals surface area contributed by atoms with E-state index in [4.69, 9.17) is 0 Å². The van der Waals surface area contributed by atoms with E-state index in [1.165, 1.54) is 0 Å². The maximum Gasteiger partial charge on any atom is 0.245 e. The highest BCUT2D eigenvalue weighted by Gasteiger charge is 2.42. The predicted octanol–water partition coefficient (Wildman–Crippen LogP) is 0.470. The first kappa shape index (κ1) is 15.5. The number of hydrogen-bond acceptors (Lipinski definition) is 4. The average Bonchev–Trinajstić information content (AvgIpc) is 3.17. The van der Waals surface area contributed by atoms with E-state index in [9.17, 15) is 9.59 Å². The number of rotatable bonds is 3. The first-order chi connectivity index (χ1) is 11.6. The Bertz CT molecular complexity index is 631. The summed E-state index contributed by atoms with van der Waals surface area (Å²) in [5, 5.41) is 4.21. The molecule has 2 amide bonds. The summed E-state index contributed by atoms with van der Waals surface area (Å²) in [6.45, 7) is 3.83. The molecule has 7 heteroatoms. The second-order valence-electron chi connectivity index (χ2n) is 7.15. The molecule has 3 fully saturated rings. The van der Waals surface area contributed by atoms with E-state index in [1.54, 1.807) is 4.68 Å². The van der Waals surface area contributed by atoms with Gasteiger partial charge in [0.25, 0.3) is 0 Å². The van der Waals surface area contributed by atoms with Crippen molar-refractivity contribution in [2.75, 3.05) is 37.6 Å². The van der Waals surface area contributed by atoms with E-state index in [0.717, 1.165) is 64.1 Å². The predicted molar refractivity (Wildman–Crippen MR) is 89.5 cm³/mol. The summed E-state index contributed by atoms with van der Waals surface area (Å²) in [4.78, 5) is 31.3. The van der Waals surface area contributed by atoms with E-state index < -0.39 is 0 Å². The second-order valence-corrected chi connectivity index (χ2v) is 7.15. The zero-order chi connectivity index (χ0) is 16.7. The zero-order valence-corrected chi connectivity index (χ0v) is 14.2. The molecule has 0 aromatic carbocycles. The van der Waals surface area contributed by atoms with Gasteiger partial charge in [0.1, 0.15) is 6.04 Å². The Morgan fingerprint density at radius 1 is 1.04 bits per heavy atom. The van der Waals surface area contributed by atoms with Gasteiger partial charge in [0.2, 0.25) is 11.8 Å². The molecule has 4 rings (SSSR count). The lowest BCUT2D eigenvalue weighted by molar-refractivity contribution is -0.144. The van der Waals surface area contributed by atoms with Crippen molar-refractivity contribution in [1.29, 1.82) is 0 Å². The minimum Gasteiger partial charge on any atom is -0.365 e. The number of anilines is 1. The van der Waals surface area contributed by atoms with Crippen LogP contribution >= 0.6 is 0 Å². The third-order valence-corrected chi connectivity index (χ3v) is 5.40. The van der Waals surface area contributed by atoms with Gasteiger partial charge in [-0.3, -0.25) is 14.3 Å². The largest absolute Gasteiger partial charge is 0.365 e. The summed E-state index contributed by atoms with van der Waals surface area (Å²) < 4.78 is 1.80. The van der Waals surface area contributed by atoms with Crippen LogP contribution in [-0.2, 0) is 16.6 Å². The summed E-state index contributed by atoms with van der Waals surface area (Å²) in [5.74, 6) is 0.549. The van der Waals surface area contributed by atoms with E-state index >= 15 is 0 Å². The maximum absolute atomic E-state index is 12.9. The highest BCUT2D eigenvalue weighted by atomic mass is 16.2. The van der Waals surface area contributed by atoms with Crippen molar-refractivity contribution >= 4 is 17.5 Å². The fraction of sp³-hybridized carbons (Fsp3) is 0.706. The van der Waals surface area contributed by atoms with Gasteiger partial charge >= 0.3 is 0 Å². The molecular weight excluding hydrogens is 306 g/mol. The molecule has 7 nitrogen and oxygen atoms in total. The smallest absolute Gasteiger partial charge is 0.245 e. The van der Waals surface area contributed by atoms with Crippen LogP contribution in [0.3, 0.4) is 0 Å². The number of carbonyl (C=O) groups excluding carboxylic acids is 2. The first-order valence-electron chi connectivity index (χ1n) is 8.96. The summed E-state index contributed by atoms with van der Waals surface area (Å²) in [5.41, 5.74) is 1.11. The van der Waals surface area contributed by atoms with Crippen molar-refractivity contribution in [3.8, 4) is 0 Å². The molecule has 2 saturated heterocycles. The topological polar surface area (TPSA) is 61.7 Å². The van der Waals surface area contributed by atoms with Crippen molar-refractivity contribution in [2.45, 2.75) is 31.7 Å². The SMILES string of the molecule is Cn1cc(N2CCN(C(=O)[C@@H]3CCCN3C(=O)C3CC3)CC2)cn1. The quantitative estimate of drug-likeness (QED) is 0.808. The fourth-order valence-corrected chi connectivity index (χ4v) is 3.82. The number of amides is 2. The molecule has 1 atom stereocenters. The van der Waals surface area contributed by atoms with Crippen molar-refractivity contribution in [3.05, 3.63) is 12.4 Å². The first-order valence-corrected chi connectivity index (χ1v) is 8.96. The lowest BCUT2D eigenvalue weighted by Crippen LogP contribution is -2.54. The highest BCUT2D eigenvalue weighted by molar-refractivity contribution is 5.90. The van der Waals surface area contributed by atoms with E-state index in [0.29, 0.717) is 0 Å². The summed E-state index contributed by atoms with van der Waals surface area (Å²) >= 11 is 0. The minimum absolute atomic E-state index is 0.146. The molecule has 24 heavy (non-hydrogen) atoms. The molecule has 0 radical (unpaired) electrons. The van der Waals surface area contributed by atoms with Gasteiger partial charge < -0.3 is 14.7 Å². The standard InChI is InChI=1S/C17H25N5O2/c1-19-12-14(11-18-19)20-7-9-21(10-8-20)17(24)15-3-2-6-22(15)16(23)13-4-5-13/h11-13,15H,2-10H2,1H3/t15-/m0/s1. The Hall–Kier alpha value is -2.05.